The Morgan fingerprint density at radius 3 is 2.60 bits per heavy atom. The summed E-state index contributed by atoms with van der Waals surface area (Å²) in [5.41, 5.74) is 2.54. The van der Waals surface area contributed by atoms with Crippen LogP contribution in [0.25, 0.3) is 0 Å². The van der Waals surface area contributed by atoms with E-state index in [9.17, 15) is 0 Å². The van der Waals surface area contributed by atoms with Gasteiger partial charge in [0.2, 0.25) is 0 Å². The van der Waals surface area contributed by atoms with Crippen LogP contribution in [0.1, 0.15) is 51.6 Å². The molecule has 0 aromatic heterocycles. The fourth-order valence-corrected chi connectivity index (χ4v) is 2.46. The van der Waals surface area contributed by atoms with E-state index in [4.69, 9.17) is 4.74 Å². The van der Waals surface area contributed by atoms with Gasteiger partial charge >= 0.3 is 0 Å². The summed E-state index contributed by atoms with van der Waals surface area (Å²) in [7, 11) is 3.92. The molecular formula is C17H30N2O. The van der Waals surface area contributed by atoms with E-state index >= 15 is 0 Å². The number of methoxy groups -OCH3 is 1. The van der Waals surface area contributed by atoms with Gasteiger partial charge in [-0.2, -0.15) is 0 Å². The Labute approximate surface area is 124 Å². The lowest BCUT2D eigenvalue weighted by Crippen LogP contribution is -2.25. The number of ether oxygens (including phenoxy) is 1. The zero-order valence-corrected chi connectivity index (χ0v) is 13.7. The van der Waals surface area contributed by atoms with Crippen molar-refractivity contribution in [1.29, 1.82) is 0 Å². The monoisotopic (exact) mass is 278 g/mol. The molecule has 1 aromatic carbocycles. The van der Waals surface area contributed by atoms with E-state index in [1.54, 1.807) is 7.11 Å². The third kappa shape index (κ3) is 4.41. The normalized spacial score (nSPS) is 12.2. The summed E-state index contributed by atoms with van der Waals surface area (Å²) in [5, 5.41) is 3.57. The van der Waals surface area contributed by atoms with Crippen molar-refractivity contribution in [3.05, 3.63) is 23.8 Å². The minimum absolute atomic E-state index is 0.296. The van der Waals surface area contributed by atoms with E-state index in [-0.39, 0.29) is 0 Å². The van der Waals surface area contributed by atoms with Gasteiger partial charge in [-0.1, -0.05) is 26.3 Å². The van der Waals surface area contributed by atoms with Gasteiger partial charge in [-0.25, -0.2) is 0 Å². The Bertz CT molecular complexity index is 393. The van der Waals surface area contributed by atoms with Crippen molar-refractivity contribution in [2.75, 3.05) is 32.1 Å². The van der Waals surface area contributed by atoms with Crippen LogP contribution in [0.3, 0.4) is 0 Å². The fourth-order valence-electron chi connectivity index (χ4n) is 2.46. The average molecular weight is 278 g/mol. The van der Waals surface area contributed by atoms with E-state index in [0.717, 1.165) is 25.3 Å². The summed E-state index contributed by atoms with van der Waals surface area (Å²) < 4.78 is 5.58. The molecular weight excluding hydrogens is 248 g/mol. The van der Waals surface area contributed by atoms with Gasteiger partial charge in [-0.15, -0.1) is 0 Å². The van der Waals surface area contributed by atoms with Crippen molar-refractivity contribution in [2.45, 2.75) is 46.1 Å². The molecule has 20 heavy (non-hydrogen) atoms. The second-order valence-electron chi connectivity index (χ2n) is 5.34. The van der Waals surface area contributed by atoms with E-state index in [1.807, 2.05) is 0 Å². The molecule has 0 radical (unpaired) electrons. The minimum Gasteiger partial charge on any atom is -0.496 e. The molecule has 0 aliphatic heterocycles. The number of hydrogen-bond donors (Lipinski definition) is 1. The SMILES string of the molecule is CCCCN(C)c1cccc(OC)c1C(C)NCCC. The van der Waals surface area contributed by atoms with Crippen LogP contribution in [0.4, 0.5) is 5.69 Å². The van der Waals surface area contributed by atoms with Crippen molar-refractivity contribution in [2.24, 2.45) is 0 Å². The maximum Gasteiger partial charge on any atom is 0.125 e. The fraction of sp³-hybridized carbons (Fsp3) is 0.647. The Balaban J connectivity index is 3.03. The first-order chi connectivity index (χ1) is 9.65. The zero-order valence-electron chi connectivity index (χ0n) is 13.7. The van der Waals surface area contributed by atoms with Crippen molar-refractivity contribution in [1.82, 2.24) is 5.32 Å². The van der Waals surface area contributed by atoms with Crippen molar-refractivity contribution < 1.29 is 4.74 Å². The highest BCUT2D eigenvalue weighted by Gasteiger charge is 2.17. The summed E-state index contributed by atoms with van der Waals surface area (Å²) in [4.78, 5) is 2.34. The van der Waals surface area contributed by atoms with Gasteiger partial charge in [0.25, 0.3) is 0 Å². The maximum absolute atomic E-state index is 5.58. The molecule has 1 unspecified atom stereocenters. The first kappa shape index (κ1) is 16.8. The first-order valence-electron chi connectivity index (χ1n) is 7.77. The molecule has 0 bridgehead atoms. The Morgan fingerprint density at radius 2 is 2.00 bits per heavy atom. The Morgan fingerprint density at radius 1 is 1.25 bits per heavy atom. The van der Waals surface area contributed by atoms with Crippen LogP contribution in [-0.4, -0.2) is 27.2 Å². The van der Waals surface area contributed by atoms with Gasteiger partial charge in [0, 0.05) is 30.9 Å². The molecule has 1 aromatic rings. The molecule has 1 rings (SSSR count). The van der Waals surface area contributed by atoms with Crippen molar-refractivity contribution in [3.63, 3.8) is 0 Å². The second-order valence-corrected chi connectivity index (χ2v) is 5.34. The predicted molar refractivity (Wildman–Crippen MR) is 87.9 cm³/mol. The molecule has 1 atom stereocenters. The number of nitrogens with one attached hydrogen (secondary N) is 1. The molecule has 0 saturated heterocycles. The first-order valence-corrected chi connectivity index (χ1v) is 7.77. The molecule has 0 aliphatic rings. The van der Waals surface area contributed by atoms with Gasteiger partial charge < -0.3 is 15.0 Å². The van der Waals surface area contributed by atoms with Crippen LogP contribution in [0.5, 0.6) is 5.75 Å². The Hall–Kier alpha value is -1.22. The number of benzene rings is 1. The molecule has 0 heterocycles. The highest BCUT2D eigenvalue weighted by molar-refractivity contribution is 5.60. The van der Waals surface area contributed by atoms with Crippen LogP contribution in [0.2, 0.25) is 0 Å². The number of unbranched alkanes of at least 4 members (excludes halogenated alkanes) is 1. The molecule has 0 fully saturated rings. The minimum atomic E-state index is 0.296. The maximum atomic E-state index is 5.58. The Kier molecular flexibility index (Phi) is 7.45. The van der Waals surface area contributed by atoms with Gasteiger partial charge in [0.1, 0.15) is 5.75 Å². The van der Waals surface area contributed by atoms with Crippen LogP contribution in [0, 0.1) is 0 Å². The number of anilines is 1. The predicted octanol–water partition coefficient (Wildman–Crippen LogP) is 3.99. The lowest BCUT2D eigenvalue weighted by atomic mass is 10.0. The van der Waals surface area contributed by atoms with E-state index in [2.05, 4.69) is 56.2 Å². The average Bonchev–Trinajstić information content (AvgIpc) is 2.49. The van der Waals surface area contributed by atoms with Gasteiger partial charge in [0.15, 0.2) is 0 Å². The van der Waals surface area contributed by atoms with Crippen molar-refractivity contribution >= 4 is 5.69 Å². The molecule has 0 amide bonds. The standard InChI is InChI=1S/C17H30N2O/c1-6-8-13-19(4)15-10-9-11-16(20-5)17(15)14(3)18-12-7-2/h9-11,14,18H,6-8,12-13H2,1-5H3. The molecule has 0 saturated carbocycles. The molecule has 0 aliphatic carbocycles. The van der Waals surface area contributed by atoms with E-state index < -0.39 is 0 Å². The topological polar surface area (TPSA) is 24.5 Å². The summed E-state index contributed by atoms with van der Waals surface area (Å²) >= 11 is 0. The largest absolute Gasteiger partial charge is 0.496 e. The highest BCUT2D eigenvalue weighted by Crippen LogP contribution is 2.34. The summed E-state index contributed by atoms with van der Waals surface area (Å²) in [6, 6.07) is 6.62. The van der Waals surface area contributed by atoms with Crippen LogP contribution >= 0.6 is 0 Å². The second kappa shape index (κ2) is 8.85. The smallest absolute Gasteiger partial charge is 0.125 e. The lowest BCUT2D eigenvalue weighted by Gasteiger charge is -2.27. The molecule has 114 valence electrons. The lowest BCUT2D eigenvalue weighted by molar-refractivity contribution is 0.401. The molecule has 1 N–H and O–H groups in total. The molecule has 3 nitrogen and oxygen atoms in total. The summed E-state index contributed by atoms with van der Waals surface area (Å²) in [6.07, 6.45) is 3.57. The van der Waals surface area contributed by atoms with Crippen LogP contribution < -0.4 is 15.0 Å². The van der Waals surface area contributed by atoms with Crippen LogP contribution in [-0.2, 0) is 0 Å². The van der Waals surface area contributed by atoms with Gasteiger partial charge in [-0.3, -0.25) is 0 Å². The quantitative estimate of drug-likeness (QED) is 0.739. The van der Waals surface area contributed by atoms with Crippen LogP contribution in [0.15, 0.2) is 18.2 Å². The summed E-state index contributed by atoms with van der Waals surface area (Å²) in [6.45, 7) is 8.74. The van der Waals surface area contributed by atoms with Crippen molar-refractivity contribution in [3.8, 4) is 5.75 Å². The van der Waals surface area contributed by atoms with E-state index in [0.29, 0.717) is 6.04 Å². The number of hydrogen-bond acceptors (Lipinski definition) is 3. The van der Waals surface area contributed by atoms with Gasteiger partial charge in [0.05, 0.1) is 7.11 Å². The zero-order chi connectivity index (χ0) is 15.0. The third-order valence-electron chi connectivity index (χ3n) is 3.65. The van der Waals surface area contributed by atoms with E-state index in [1.165, 1.54) is 24.1 Å². The number of nitrogens with zero attached hydrogens (tertiary/aromatic N) is 1. The number of rotatable bonds is 9. The summed E-state index contributed by atoms with van der Waals surface area (Å²) in [5.74, 6) is 0.974. The molecule has 0 spiro atoms. The third-order valence-corrected chi connectivity index (χ3v) is 3.65. The van der Waals surface area contributed by atoms with Gasteiger partial charge in [-0.05, 0) is 38.4 Å². The molecule has 3 heteroatoms. The highest BCUT2D eigenvalue weighted by atomic mass is 16.5.